The maximum atomic E-state index is 12.4. The Morgan fingerprint density at radius 3 is 2.19 bits per heavy atom. The van der Waals surface area contributed by atoms with Crippen LogP contribution in [0.15, 0.2) is 71.3 Å². The van der Waals surface area contributed by atoms with Crippen LogP contribution in [-0.4, -0.2) is 38.1 Å². The van der Waals surface area contributed by atoms with Crippen molar-refractivity contribution in [3.8, 4) is 0 Å². The molecule has 0 amide bonds. The van der Waals surface area contributed by atoms with Crippen molar-refractivity contribution in [3.63, 3.8) is 0 Å². The van der Waals surface area contributed by atoms with Crippen LogP contribution in [0.25, 0.3) is 0 Å². The van der Waals surface area contributed by atoms with Crippen LogP contribution in [0.1, 0.15) is 64.6 Å². The van der Waals surface area contributed by atoms with Crippen molar-refractivity contribution in [2.45, 2.75) is 76.2 Å². The minimum atomic E-state index is -2.79. The summed E-state index contributed by atoms with van der Waals surface area (Å²) in [6.07, 6.45) is 2.02. The number of aromatic nitrogens is 1. The van der Waals surface area contributed by atoms with Crippen LogP contribution >= 0.6 is 11.6 Å². The summed E-state index contributed by atoms with van der Waals surface area (Å²) in [6, 6.07) is 21.1. The van der Waals surface area contributed by atoms with E-state index in [4.69, 9.17) is 29.9 Å². The molecule has 1 aliphatic heterocycles. The van der Waals surface area contributed by atoms with Crippen LogP contribution in [0.3, 0.4) is 0 Å². The smallest absolute Gasteiger partial charge is 0.308 e. The van der Waals surface area contributed by atoms with Gasteiger partial charge in [-0.15, -0.1) is 11.6 Å². The summed E-state index contributed by atoms with van der Waals surface area (Å²) in [5.74, 6) is 0.345. The number of hydrogen-bond acceptors (Lipinski definition) is 6. The fourth-order valence-corrected chi connectivity index (χ4v) is 10.1. The average Bonchev–Trinajstić information content (AvgIpc) is 3.37. The van der Waals surface area contributed by atoms with Crippen molar-refractivity contribution in [3.05, 3.63) is 78.5 Å². The second-order valence-corrected chi connectivity index (χ2v) is 15.0. The lowest BCUT2D eigenvalue weighted by atomic mass is 9.98. The highest BCUT2D eigenvalue weighted by Crippen LogP contribution is 2.41. The molecule has 0 unspecified atom stereocenters. The molecular weight excluding hydrogens is 506 g/mol. The van der Waals surface area contributed by atoms with Gasteiger partial charge in [-0.3, -0.25) is 4.79 Å². The molecule has 0 aliphatic carbocycles. The van der Waals surface area contributed by atoms with Gasteiger partial charge < -0.3 is 18.3 Å². The summed E-state index contributed by atoms with van der Waals surface area (Å²) < 4.78 is 24.5. The molecule has 8 heteroatoms. The number of hydrogen-bond donors (Lipinski definition) is 0. The predicted octanol–water partition coefficient (Wildman–Crippen LogP) is 5.53. The molecule has 0 N–H and O–H groups in total. The van der Waals surface area contributed by atoms with Gasteiger partial charge in [0, 0.05) is 6.42 Å². The van der Waals surface area contributed by atoms with Crippen molar-refractivity contribution in [1.82, 2.24) is 4.98 Å². The molecule has 0 bridgehead atoms. The third kappa shape index (κ3) is 6.17. The van der Waals surface area contributed by atoms with Crippen molar-refractivity contribution in [1.29, 1.82) is 0 Å². The largest absolute Gasteiger partial charge is 0.466 e. The number of ether oxygens (including phenoxy) is 2. The molecule has 3 aromatic rings. The number of carbonyl (C=O) groups excluding carboxylic acids is 1. The van der Waals surface area contributed by atoms with E-state index in [0.29, 0.717) is 31.0 Å². The SMILES string of the molecule is CCOC(=O)C[C@@H]1C[C@@H](O[Si](c2ccccc2)(c2ccccc2)C(C)(C)C)C[C@H](c2coc(CCl)n2)O1. The predicted molar refractivity (Wildman–Crippen MR) is 147 cm³/mol. The van der Waals surface area contributed by atoms with E-state index in [2.05, 4.69) is 74.3 Å². The first-order chi connectivity index (χ1) is 17.8. The maximum absolute atomic E-state index is 12.4. The van der Waals surface area contributed by atoms with Crippen molar-refractivity contribution >= 4 is 36.3 Å². The third-order valence-electron chi connectivity index (χ3n) is 6.83. The van der Waals surface area contributed by atoms with Gasteiger partial charge in [0.05, 0.1) is 31.1 Å². The molecule has 0 radical (unpaired) electrons. The summed E-state index contributed by atoms with van der Waals surface area (Å²) in [4.78, 5) is 16.9. The first-order valence-corrected chi connectivity index (χ1v) is 15.3. The third-order valence-corrected chi connectivity index (χ3v) is 12.2. The standard InChI is InChI=1S/C29H36ClNO5Si/c1-5-33-28(32)18-21-16-22(17-26(35-21)25-20-34-27(19-30)31-25)36-37(29(2,3)4,23-12-8-6-9-13-23)24-14-10-7-11-15-24/h6-15,20-22,26H,5,16-19H2,1-4H3/t21-,22+,26+/m0/s1. The van der Waals surface area contributed by atoms with Gasteiger partial charge in [0.15, 0.2) is 0 Å². The molecule has 0 spiro atoms. The summed E-state index contributed by atoms with van der Waals surface area (Å²) >= 11 is 5.94. The van der Waals surface area contributed by atoms with Gasteiger partial charge in [-0.1, -0.05) is 81.4 Å². The molecule has 2 aromatic carbocycles. The number of rotatable bonds is 9. The normalized spacial score (nSPS) is 20.5. The Morgan fingerprint density at radius 1 is 1.05 bits per heavy atom. The molecule has 6 nitrogen and oxygen atoms in total. The van der Waals surface area contributed by atoms with E-state index in [0.717, 1.165) is 0 Å². The fraction of sp³-hybridized carbons (Fsp3) is 0.448. The number of nitrogens with zero attached hydrogens (tertiary/aromatic N) is 1. The minimum absolute atomic E-state index is 0.158. The highest BCUT2D eigenvalue weighted by Gasteiger charge is 2.52. The fourth-order valence-electron chi connectivity index (χ4n) is 5.27. The number of esters is 1. The van der Waals surface area contributed by atoms with Crippen LogP contribution in [0.5, 0.6) is 0 Å². The lowest BCUT2D eigenvalue weighted by Gasteiger charge is -2.47. The number of halogens is 1. The molecule has 198 valence electrons. The van der Waals surface area contributed by atoms with Crippen molar-refractivity contribution in [2.75, 3.05) is 6.61 Å². The van der Waals surface area contributed by atoms with Crippen LogP contribution in [0, 0.1) is 0 Å². The summed E-state index contributed by atoms with van der Waals surface area (Å²) in [5, 5.41) is 2.26. The lowest BCUT2D eigenvalue weighted by Crippen LogP contribution is -2.68. The molecule has 1 aromatic heterocycles. The van der Waals surface area contributed by atoms with Gasteiger partial charge in [0.25, 0.3) is 8.32 Å². The van der Waals surface area contributed by atoms with E-state index in [1.165, 1.54) is 10.4 Å². The van der Waals surface area contributed by atoms with E-state index >= 15 is 0 Å². The number of oxazole rings is 1. The Hall–Kier alpha value is -2.45. The van der Waals surface area contributed by atoms with E-state index in [-0.39, 0.29) is 41.6 Å². The van der Waals surface area contributed by atoms with Crippen molar-refractivity contribution in [2.24, 2.45) is 0 Å². The Bertz CT molecular complexity index is 1110. The van der Waals surface area contributed by atoms with Gasteiger partial charge in [-0.05, 0) is 28.8 Å². The van der Waals surface area contributed by atoms with Gasteiger partial charge in [0.2, 0.25) is 5.89 Å². The van der Waals surface area contributed by atoms with Crippen LogP contribution < -0.4 is 10.4 Å². The summed E-state index contributed by atoms with van der Waals surface area (Å²) in [5.41, 5.74) is 0.667. The van der Waals surface area contributed by atoms with Gasteiger partial charge >= 0.3 is 5.97 Å². The molecule has 4 rings (SSSR count). The summed E-state index contributed by atoms with van der Waals surface area (Å²) in [7, 11) is -2.79. The molecule has 3 atom stereocenters. The number of benzene rings is 2. The zero-order chi connectivity index (χ0) is 26.5. The van der Waals surface area contributed by atoms with E-state index < -0.39 is 8.32 Å². The first kappa shape index (κ1) is 27.6. The maximum Gasteiger partial charge on any atom is 0.308 e. The second kappa shape index (κ2) is 11.9. The Labute approximate surface area is 225 Å². The lowest BCUT2D eigenvalue weighted by molar-refractivity contribution is -0.152. The van der Waals surface area contributed by atoms with Gasteiger partial charge in [-0.2, -0.15) is 0 Å². The number of alkyl halides is 1. The average molecular weight is 542 g/mol. The molecular formula is C29H36ClNO5Si. The minimum Gasteiger partial charge on any atom is -0.466 e. The van der Waals surface area contributed by atoms with E-state index in [1.807, 2.05) is 12.1 Å². The van der Waals surface area contributed by atoms with Gasteiger partial charge in [-0.25, -0.2) is 4.98 Å². The topological polar surface area (TPSA) is 70.8 Å². The second-order valence-electron chi connectivity index (χ2n) is 10.4. The molecule has 1 saturated heterocycles. The zero-order valence-corrected chi connectivity index (χ0v) is 23.7. The quantitative estimate of drug-likeness (QED) is 0.201. The highest BCUT2D eigenvalue weighted by atomic mass is 35.5. The molecule has 1 aliphatic rings. The Morgan fingerprint density at radius 2 is 1.68 bits per heavy atom. The zero-order valence-electron chi connectivity index (χ0n) is 22.0. The van der Waals surface area contributed by atoms with Crippen LogP contribution in [0.2, 0.25) is 5.04 Å². The van der Waals surface area contributed by atoms with Crippen LogP contribution in [-0.2, 0) is 24.6 Å². The molecule has 2 heterocycles. The monoisotopic (exact) mass is 541 g/mol. The highest BCUT2D eigenvalue weighted by molar-refractivity contribution is 6.99. The number of carbonyl (C=O) groups is 1. The van der Waals surface area contributed by atoms with E-state index in [1.54, 1.807) is 13.2 Å². The van der Waals surface area contributed by atoms with Crippen molar-refractivity contribution < 1.29 is 23.1 Å². The Kier molecular flexibility index (Phi) is 8.90. The Balaban J connectivity index is 1.74. The molecule has 1 fully saturated rings. The van der Waals surface area contributed by atoms with Gasteiger partial charge in [0.1, 0.15) is 18.1 Å². The molecule has 37 heavy (non-hydrogen) atoms. The summed E-state index contributed by atoms with van der Waals surface area (Å²) in [6.45, 7) is 8.92. The van der Waals surface area contributed by atoms with E-state index in [9.17, 15) is 4.79 Å². The van der Waals surface area contributed by atoms with Crippen LogP contribution in [0.4, 0.5) is 0 Å². The molecule has 0 saturated carbocycles. The first-order valence-electron chi connectivity index (χ1n) is 12.9.